The molecule has 11 nitrogen and oxygen atoms in total. The van der Waals surface area contributed by atoms with Gasteiger partial charge in [0.1, 0.15) is 63.0 Å². The first-order valence-corrected chi connectivity index (χ1v) is 29.3. The predicted octanol–water partition coefficient (Wildman–Crippen LogP) is 13.4. The minimum absolute atomic E-state index is 0.479. The van der Waals surface area contributed by atoms with E-state index in [2.05, 4.69) is 289 Å². The standard InChI is InChI=1S/C21H28N3.C14H15N4.C14H16N.C13H14N.C12H13N2/c1-15(2)17-9-7-10-18(16(3)4)20(17)24-14-13-23(6)21(24)19-11-8-12-22(19)5;1-16-9-8-15-13(16)14-17(2)10-11-18(14)12-6-4-3-5-7-12;1-11-8-9-14(15(3)10-11)13-7-5-4-6-12(13)2;1-11-7-3-4-8-12(11)13-9-5-6-10-14(13)2;1-10-6-7-13-9-11(10)12-5-3-4-8-14(12)2/h7-16H,1-6H3;3-11H,1-2H3;4-10H,1-3H3;3-10H,1-2H3;3-9H,1-2H3/q5*+1. The summed E-state index contributed by atoms with van der Waals surface area (Å²) in [6.45, 7) is 17.6. The first-order chi connectivity index (χ1) is 40.9. The van der Waals surface area contributed by atoms with Gasteiger partial charge in [-0.2, -0.15) is 9.13 Å². The minimum Gasteiger partial charge on any atom is -0.344 e. The van der Waals surface area contributed by atoms with E-state index < -0.39 is 0 Å². The van der Waals surface area contributed by atoms with E-state index in [1.54, 1.807) is 0 Å². The Morgan fingerprint density at radius 3 is 1.45 bits per heavy atom. The quantitative estimate of drug-likeness (QED) is 0.135. The summed E-state index contributed by atoms with van der Waals surface area (Å²) >= 11 is 0. The summed E-state index contributed by atoms with van der Waals surface area (Å²) in [5.41, 5.74) is 19.2. The number of para-hydroxylation sites is 2. The Hall–Kier alpha value is -9.61. The van der Waals surface area contributed by atoms with Gasteiger partial charge in [-0.15, -0.1) is 0 Å². The lowest BCUT2D eigenvalue weighted by Gasteiger charge is -2.17. The number of aromatic nitrogens is 11. The van der Waals surface area contributed by atoms with E-state index in [0.717, 1.165) is 17.3 Å². The van der Waals surface area contributed by atoms with Gasteiger partial charge in [0.25, 0.3) is 0 Å². The second kappa shape index (κ2) is 28.6. The molecule has 0 aliphatic heterocycles. The molecule has 0 unspecified atom stereocenters. The molecule has 12 rings (SSSR count). The molecule has 85 heavy (non-hydrogen) atoms. The Balaban J connectivity index is 0.000000141. The third kappa shape index (κ3) is 14.8. The lowest BCUT2D eigenvalue weighted by Crippen LogP contribution is -2.30. The maximum atomic E-state index is 4.43. The zero-order valence-corrected chi connectivity index (χ0v) is 52.6. The van der Waals surface area contributed by atoms with Crippen molar-refractivity contribution in [3.8, 4) is 68.3 Å². The van der Waals surface area contributed by atoms with Gasteiger partial charge in [-0.25, -0.2) is 27.8 Å². The largest absolute Gasteiger partial charge is 0.344 e. The summed E-state index contributed by atoms with van der Waals surface area (Å²) in [4.78, 5) is 8.58. The van der Waals surface area contributed by atoms with Crippen LogP contribution in [-0.4, -0.2) is 28.2 Å². The van der Waals surface area contributed by atoms with Crippen molar-refractivity contribution in [3.05, 3.63) is 272 Å². The first kappa shape index (κ1) is 61.5. The van der Waals surface area contributed by atoms with Crippen LogP contribution in [0.25, 0.3) is 68.3 Å². The molecule has 0 fully saturated rings. The van der Waals surface area contributed by atoms with Crippen LogP contribution in [-0.2, 0) is 49.3 Å². The Labute approximate surface area is 505 Å². The van der Waals surface area contributed by atoms with E-state index in [0.29, 0.717) is 11.8 Å². The van der Waals surface area contributed by atoms with Crippen molar-refractivity contribution in [2.75, 3.05) is 0 Å². The SMILES string of the molecule is CC(C)c1cccc(C(C)C)c1-n1cc[n+](C)c1-c1cccn1C.Cc1ccc(-c2ccccc2C)[n+](C)c1.Cc1ccccc1-c1cccc[n+]1C.Cc1ccncc1-c1cccc[n+]1C.Cn1ccnc1-c1n(-c2ccccc2)cc[n+]1C. The highest BCUT2D eigenvalue weighted by atomic mass is 15.2. The number of benzene rings is 4. The summed E-state index contributed by atoms with van der Waals surface area (Å²) in [5.74, 6) is 4.18. The van der Waals surface area contributed by atoms with E-state index >= 15 is 0 Å². The van der Waals surface area contributed by atoms with Gasteiger partial charge in [-0.05, 0) is 117 Å². The second-order valence-electron chi connectivity index (χ2n) is 22.4. The molecular formula is C74H86N11+5. The van der Waals surface area contributed by atoms with E-state index in [1.165, 1.54) is 84.4 Å². The van der Waals surface area contributed by atoms with Gasteiger partial charge in [0, 0.05) is 103 Å². The van der Waals surface area contributed by atoms with Crippen LogP contribution in [0.3, 0.4) is 0 Å². The molecule has 0 spiro atoms. The van der Waals surface area contributed by atoms with Crippen molar-refractivity contribution in [2.45, 2.75) is 67.2 Å². The third-order valence-electron chi connectivity index (χ3n) is 15.4. The highest BCUT2D eigenvalue weighted by Crippen LogP contribution is 2.34. The minimum atomic E-state index is 0.479. The molecule has 4 aromatic carbocycles. The fraction of sp³-hybridized carbons (Fsp3) is 0.230. The van der Waals surface area contributed by atoms with Gasteiger partial charge >= 0.3 is 11.6 Å². The molecular weight excluding hydrogens is 1040 g/mol. The zero-order chi connectivity index (χ0) is 60.7. The molecule has 11 heteroatoms. The number of rotatable bonds is 9. The van der Waals surface area contributed by atoms with Crippen LogP contribution in [0.2, 0.25) is 0 Å². The molecule has 0 saturated carbocycles. The normalized spacial score (nSPS) is 10.7. The Morgan fingerprint density at radius 2 is 0.929 bits per heavy atom. The van der Waals surface area contributed by atoms with Gasteiger partial charge in [-0.3, -0.25) is 4.98 Å². The van der Waals surface area contributed by atoms with Crippen LogP contribution >= 0.6 is 0 Å². The average Bonchev–Trinajstić information content (AvgIpc) is 2.79. The van der Waals surface area contributed by atoms with E-state index in [4.69, 9.17) is 0 Å². The van der Waals surface area contributed by atoms with E-state index in [9.17, 15) is 0 Å². The van der Waals surface area contributed by atoms with Gasteiger partial charge in [0.15, 0.2) is 18.6 Å². The summed E-state index contributed by atoms with van der Waals surface area (Å²) in [6.07, 6.45) is 24.3. The van der Waals surface area contributed by atoms with Crippen molar-refractivity contribution < 1.29 is 22.8 Å². The van der Waals surface area contributed by atoms with Crippen LogP contribution < -0.4 is 22.8 Å². The molecule has 0 saturated heterocycles. The van der Waals surface area contributed by atoms with Gasteiger partial charge in [0.2, 0.25) is 22.9 Å². The molecule has 0 radical (unpaired) electrons. The molecule has 432 valence electrons. The van der Waals surface area contributed by atoms with Crippen LogP contribution in [0, 0.1) is 27.7 Å². The topological polar surface area (TPSA) is 64.9 Å². The zero-order valence-electron chi connectivity index (χ0n) is 52.6. The molecule has 0 atom stereocenters. The summed E-state index contributed by atoms with van der Waals surface area (Å²) in [6, 6.07) is 57.0. The number of aryl methyl sites for hydroxylation is 11. The fourth-order valence-corrected chi connectivity index (χ4v) is 10.7. The number of hydrogen-bond donors (Lipinski definition) is 0. The number of imidazole rings is 3. The molecule has 0 bridgehead atoms. The smallest absolute Gasteiger partial charge is 0.330 e. The van der Waals surface area contributed by atoms with E-state index in [-0.39, 0.29) is 0 Å². The summed E-state index contributed by atoms with van der Waals surface area (Å²) < 4.78 is 19.4. The van der Waals surface area contributed by atoms with Crippen LogP contribution in [0.1, 0.15) is 72.9 Å². The second-order valence-corrected chi connectivity index (χ2v) is 22.4. The lowest BCUT2D eigenvalue weighted by molar-refractivity contribution is -0.660. The molecule has 0 aliphatic rings. The van der Waals surface area contributed by atoms with Gasteiger partial charge < -0.3 is 9.13 Å². The van der Waals surface area contributed by atoms with Crippen LogP contribution in [0.15, 0.2) is 238 Å². The molecule has 0 amide bonds. The molecule has 0 aliphatic carbocycles. The maximum Gasteiger partial charge on any atom is 0.330 e. The van der Waals surface area contributed by atoms with E-state index in [1.807, 2.05) is 105 Å². The third-order valence-corrected chi connectivity index (χ3v) is 15.4. The van der Waals surface area contributed by atoms with Gasteiger partial charge in [0.05, 0.1) is 19.7 Å². The van der Waals surface area contributed by atoms with Crippen molar-refractivity contribution in [1.29, 1.82) is 0 Å². The maximum absolute atomic E-state index is 4.43. The lowest BCUT2D eigenvalue weighted by atomic mass is 9.92. The fourth-order valence-electron chi connectivity index (χ4n) is 10.7. The number of pyridine rings is 4. The predicted molar refractivity (Wildman–Crippen MR) is 345 cm³/mol. The number of nitrogens with zero attached hydrogens (tertiary/aromatic N) is 11. The molecule has 0 N–H and O–H groups in total. The van der Waals surface area contributed by atoms with Crippen molar-refractivity contribution in [2.24, 2.45) is 49.3 Å². The first-order valence-electron chi connectivity index (χ1n) is 29.3. The van der Waals surface area contributed by atoms with Crippen molar-refractivity contribution in [1.82, 2.24) is 28.2 Å². The number of hydrogen-bond acceptors (Lipinski definition) is 2. The molecule has 8 aromatic heterocycles. The Kier molecular flexibility index (Phi) is 20.7. The summed E-state index contributed by atoms with van der Waals surface area (Å²) in [7, 11) is 14.5. The molecule has 12 aromatic rings. The highest BCUT2D eigenvalue weighted by molar-refractivity contribution is 5.62. The monoisotopic (exact) mass is 1130 g/mol. The Morgan fingerprint density at radius 1 is 0.400 bits per heavy atom. The van der Waals surface area contributed by atoms with Crippen molar-refractivity contribution in [3.63, 3.8) is 0 Å². The van der Waals surface area contributed by atoms with Gasteiger partial charge in [-0.1, -0.05) is 100 Å². The van der Waals surface area contributed by atoms with Crippen LogP contribution in [0.5, 0.6) is 0 Å². The highest BCUT2D eigenvalue weighted by Gasteiger charge is 2.27. The van der Waals surface area contributed by atoms with Crippen molar-refractivity contribution >= 4 is 0 Å². The van der Waals surface area contributed by atoms with Crippen LogP contribution in [0.4, 0.5) is 0 Å². The Bertz CT molecular complexity index is 3910. The average molecular weight is 1130 g/mol. The summed E-state index contributed by atoms with van der Waals surface area (Å²) in [5, 5.41) is 0. The molecule has 8 heterocycles.